The molecule has 0 saturated heterocycles. The second-order valence-electron chi connectivity index (χ2n) is 5.03. The second kappa shape index (κ2) is 1.60. The van der Waals surface area contributed by atoms with Gasteiger partial charge in [0.1, 0.15) is 0 Å². The van der Waals surface area contributed by atoms with Crippen molar-refractivity contribution in [2.45, 2.75) is 34.1 Å². The molecule has 0 heterocycles. The van der Waals surface area contributed by atoms with Crippen LogP contribution in [0.4, 0.5) is 0 Å². The maximum Gasteiger partial charge on any atom is -0.0289 e. The molecule has 0 amide bonds. The van der Waals surface area contributed by atoms with Gasteiger partial charge in [-0.25, -0.2) is 0 Å². The lowest BCUT2D eigenvalue weighted by Crippen LogP contribution is -2.11. The predicted octanol–water partition coefficient (Wildman–Crippen LogP) is 2.93. The molecule has 0 spiro atoms. The van der Waals surface area contributed by atoms with Crippen LogP contribution in [0.15, 0.2) is 0 Å². The normalized spacial score (nSPS) is 56.4. The van der Waals surface area contributed by atoms with Crippen molar-refractivity contribution in [3.63, 3.8) is 0 Å². The molecule has 2 aliphatic rings. The van der Waals surface area contributed by atoms with Crippen molar-refractivity contribution in [3.8, 4) is 0 Å². The highest BCUT2D eigenvalue weighted by Gasteiger charge is 2.64. The van der Waals surface area contributed by atoms with Crippen molar-refractivity contribution < 1.29 is 0 Å². The summed E-state index contributed by atoms with van der Waals surface area (Å²) >= 11 is 0. The molecular weight excluding hydrogens is 120 g/mol. The highest BCUT2D eigenvalue weighted by atomic mass is 14.7. The molecule has 10 heavy (non-hydrogen) atoms. The topological polar surface area (TPSA) is 0 Å². The third-order valence-electron chi connectivity index (χ3n) is 4.23. The van der Waals surface area contributed by atoms with Gasteiger partial charge < -0.3 is 0 Å². The Balaban J connectivity index is 2.13. The summed E-state index contributed by atoms with van der Waals surface area (Å²) in [5.41, 5.74) is 0.714. The third-order valence-corrected chi connectivity index (χ3v) is 4.23. The van der Waals surface area contributed by atoms with Gasteiger partial charge in [0, 0.05) is 0 Å². The average molecular weight is 138 g/mol. The van der Waals surface area contributed by atoms with Crippen LogP contribution in [-0.4, -0.2) is 0 Å². The fourth-order valence-electron chi connectivity index (χ4n) is 3.25. The molecule has 2 saturated carbocycles. The Morgan fingerprint density at radius 1 is 1.20 bits per heavy atom. The van der Waals surface area contributed by atoms with E-state index in [4.69, 9.17) is 0 Å². The quantitative estimate of drug-likeness (QED) is 0.483. The van der Waals surface area contributed by atoms with Crippen LogP contribution in [0.25, 0.3) is 0 Å². The van der Waals surface area contributed by atoms with Gasteiger partial charge in [-0.05, 0) is 35.5 Å². The zero-order valence-electron chi connectivity index (χ0n) is 7.52. The van der Waals surface area contributed by atoms with E-state index in [9.17, 15) is 0 Å². The van der Waals surface area contributed by atoms with E-state index in [1.165, 1.54) is 6.42 Å². The van der Waals surface area contributed by atoms with Crippen molar-refractivity contribution in [1.82, 2.24) is 0 Å². The van der Waals surface area contributed by atoms with E-state index >= 15 is 0 Å². The van der Waals surface area contributed by atoms with E-state index in [1.807, 2.05) is 0 Å². The van der Waals surface area contributed by atoms with Crippen LogP contribution in [0.1, 0.15) is 34.1 Å². The summed E-state index contributed by atoms with van der Waals surface area (Å²) in [5, 5.41) is 0. The molecule has 2 aliphatic carbocycles. The molecule has 0 aromatic rings. The molecule has 0 aliphatic heterocycles. The van der Waals surface area contributed by atoms with Gasteiger partial charge >= 0.3 is 0 Å². The zero-order chi connectivity index (χ0) is 7.52. The van der Waals surface area contributed by atoms with Crippen LogP contribution in [0, 0.1) is 29.1 Å². The first-order chi connectivity index (χ1) is 4.55. The van der Waals surface area contributed by atoms with E-state index in [-0.39, 0.29) is 0 Å². The minimum Gasteiger partial charge on any atom is -0.0622 e. The van der Waals surface area contributed by atoms with Crippen LogP contribution >= 0.6 is 0 Å². The average Bonchev–Trinajstić information content (AvgIpc) is 2.12. The number of rotatable bonds is 0. The lowest BCUT2D eigenvalue weighted by atomic mass is 9.87. The summed E-state index contributed by atoms with van der Waals surface area (Å²) in [7, 11) is 0. The van der Waals surface area contributed by atoms with Gasteiger partial charge in [-0.1, -0.05) is 27.7 Å². The van der Waals surface area contributed by atoms with E-state index in [0.29, 0.717) is 5.41 Å². The van der Waals surface area contributed by atoms with E-state index in [2.05, 4.69) is 27.7 Å². The molecular formula is C10H18. The SMILES string of the molecule is CC1CC2C(C1C)C2(C)C. The molecule has 0 heteroatoms. The molecule has 0 N–H and O–H groups in total. The monoisotopic (exact) mass is 138 g/mol. The summed E-state index contributed by atoms with van der Waals surface area (Å²) in [6.07, 6.45) is 1.50. The van der Waals surface area contributed by atoms with Gasteiger partial charge in [0.2, 0.25) is 0 Å². The molecule has 0 bridgehead atoms. The smallest absolute Gasteiger partial charge is 0.0289 e. The van der Waals surface area contributed by atoms with E-state index < -0.39 is 0 Å². The zero-order valence-corrected chi connectivity index (χ0v) is 7.52. The Hall–Kier alpha value is 0. The molecule has 0 radical (unpaired) electrons. The van der Waals surface area contributed by atoms with Crippen LogP contribution < -0.4 is 0 Å². The number of fused-ring (bicyclic) bond motifs is 1. The Kier molecular flexibility index (Phi) is 1.07. The summed E-state index contributed by atoms with van der Waals surface area (Å²) in [4.78, 5) is 0. The predicted molar refractivity (Wildman–Crippen MR) is 43.7 cm³/mol. The van der Waals surface area contributed by atoms with E-state index in [0.717, 1.165) is 23.7 Å². The molecule has 4 atom stereocenters. The molecule has 0 aromatic heterocycles. The largest absolute Gasteiger partial charge is 0.0622 e. The molecule has 0 nitrogen and oxygen atoms in total. The standard InChI is InChI=1S/C10H18/c1-6-5-8-9(7(6)2)10(8,3)4/h6-9H,5H2,1-4H3. The Labute approximate surface area is 64.0 Å². The van der Waals surface area contributed by atoms with Crippen molar-refractivity contribution in [2.24, 2.45) is 29.1 Å². The number of hydrogen-bond acceptors (Lipinski definition) is 0. The van der Waals surface area contributed by atoms with Crippen LogP contribution in [-0.2, 0) is 0 Å². The minimum absolute atomic E-state index is 0.714. The van der Waals surface area contributed by atoms with E-state index in [1.54, 1.807) is 0 Å². The number of hydrogen-bond donors (Lipinski definition) is 0. The van der Waals surface area contributed by atoms with Crippen molar-refractivity contribution in [1.29, 1.82) is 0 Å². The Bertz CT molecular complexity index is 155. The highest BCUT2D eigenvalue weighted by Crippen LogP contribution is 2.70. The fraction of sp³-hybridized carbons (Fsp3) is 1.00. The van der Waals surface area contributed by atoms with Crippen LogP contribution in [0.5, 0.6) is 0 Å². The second-order valence-corrected chi connectivity index (χ2v) is 5.03. The fourth-order valence-corrected chi connectivity index (χ4v) is 3.25. The van der Waals surface area contributed by atoms with Crippen LogP contribution in [0.2, 0.25) is 0 Å². The third kappa shape index (κ3) is 0.580. The van der Waals surface area contributed by atoms with Gasteiger partial charge in [0.25, 0.3) is 0 Å². The minimum atomic E-state index is 0.714. The lowest BCUT2D eigenvalue weighted by Gasteiger charge is -2.18. The van der Waals surface area contributed by atoms with Crippen molar-refractivity contribution >= 4 is 0 Å². The molecule has 58 valence electrons. The van der Waals surface area contributed by atoms with Gasteiger partial charge in [0.15, 0.2) is 0 Å². The molecule has 2 fully saturated rings. The molecule has 2 rings (SSSR count). The van der Waals surface area contributed by atoms with Gasteiger partial charge in [-0.2, -0.15) is 0 Å². The van der Waals surface area contributed by atoms with Gasteiger partial charge in [0.05, 0.1) is 0 Å². The van der Waals surface area contributed by atoms with Gasteiger partial charge in [-0.15, -0.1) is 0 Å². The first-order valence-corrected chi connectivity index (χ1v) is 4.55. The summed E-state index contributed by atoms with van der Waals surface area (Å²) in [6.45, 7) is 9.71. The molecule has 4 unspecified atom stereocenters. The summed E-state index contributed by atoms with van der Waals surface area (Å²) in [5.74, 6) is 4.16. The summed E-state index contributed by atoms with van der Waals surface area (Å²) < 4.78 is 0. The van der Waals surface area contributed by atoms with Crippen molar-refractivity contribution in [2.75, 3.05) is 0 Å². The van der Waals surface area contributed by atoms with Crippen LogP contribution in [0.3, 0.4) is 0 Å². The summed E-state index contributed by atoms with van der Waals surface area (Å²) in [6, 6.07) is 0. The van der Waals surface area contributed by atoms with Gasteiger partial charge in [-0.3, -0.25) is 0 Å². The molecule has 0 aromatic carbocycles. The first-order valence-electron chi connectivity index (χ1n) is 4.55. The maximum atomic E-state index is 2.44. The highest BCUT2D eigenvalue weighted by molar-refractivity contribution is 5.12. The lowest BCUT2D eigenvalue weighted by molar-refractivity contribution is 0.307. The van der Waals surface area contributed by atoms with Crippen molar-refractivity contribution in [3.05, 3.63) is 0 Å². The first kappa shape index (κ1) is 6.69. The Morgan fingerprint density at radius 2 is 1.80 bits per heavy atom. The Morgan fingerprint density at radius 3 is 2.10 bits per heavy atom. The maximum absolute atomic E-state index is 2.44.